The number of aliphatic hydroxyl groups excluding tert-OH is 1. The highest BCUT2D eigenvalue weighted by molar-refractivity contribution is 5.85. The molecule has 2 aromatic carbocycles. The van der Waals surface area contributed by atoms with E-state index in [1.54, 1.807) is 0 Å². The molecule has 0 fully saturated rings. The second-order valence-electron chi connectivity index (χ2n) is 5.07. The molecular formula is C17H19ClN2O. The molecule has 110 valence electrons. The van der Waals surface area contributed by atoms with Crippen LogP contribution >= 0.6 is 12.4 Å². The Morgan fingerprint density at radius 1 is 1.00 bits per heavy atom. The highest BCUT2D eigenvalue weighted by Crippen LogP contribution is 2.25. The predicted octanol–water partition coefficient (Wildman–Crippen LogP) is 3.19. The molecule has 4 N–H and O–H groups in total. The van der Waals surface area contributed by atoms with Gasteiger partial charge in [-0.1, -0.05) is 42.5 Å². The summed E-state index contributed by atoms with van der Waals surface area (Å²) in [5.41, 5.74) is 9.37. The summed E-state index contributed by atoms with van der Waals surface area (Å²) >= 11 is 0. The van der Waals surface area contributed by atoms with Crippen molar-refractivity contribution in [3.05, 3.63) is 71.9 Å². The molecule has 0 radical (unpaired) electrons. The summed E-state index contributed by atoms with van der Waals surface area (Å²) in [5, 5.41) is 11.5. The van der Waals surface area contributed by atoms with Gasteiger partial charge in [-0.25, -0.2) is 0 Å². The number of rotatable bonds is 4. The van der Waals surface area contributed by atoms with Gasteiger partial charge in [0, 0.05) is 23.5 Å². The minimum Gasteiger partial charge on any atom is -0.391 e. The zero-order valence-corrected chi connectivity index (χ0v) is 12.4. The summed E-state index contributed by atoms with van der Waals surface area (Å²) in [7, 11) is 0. The Morgan fingerprint density at radius 2 is 1.76 bits per heavy atom. The summed E-state index contributed by atoms with van der Waals surface area (Å²) in [4.78, 5) is 3.17. The molecule has 4 heteroatoms. The predicted molar refractivity (Wildman–Crippen MR) is 88.6 cm³/mol. The quantitative estimate of drug-likeness (QED) is 0.693. The van der Waals surface area contributed by atoms with E-state index in [0.717, 1.165) is 22.0 Å². The Labute approximate surface area is 130 Å². The van der Waals surface area contributed by atoms with Gasteiger partial charge in [-0.2, -0.15) is 0 Å². The Hall–Kier alpha value is -1.81. The second kappa shape index (κ2) is 6.76. The Morgan fingerprint density at radius 3 is 2.52 bits per heavy atom. The van der Waals surface area contributed by atoms with Crippen molar-refractivity contribution in [2.24, 2.45) is 5.73 Å². The molecule has 0 aliphatic rings. The van der Waals surface area contributed by atoms with Gasteiger partial charge in [-0.05, 0) is 23.3 Å². The summed E-state index contributed by atoms with van der Waals surface area (Å²) in [5.74, 6) is 0. The highest BCUT2D eigenvalue weighted by Gasteiger charge is 2.19. The van der Waals surface area contributed by atoms with Gasteiger partial charge in [0.15, 0.2) is 0 Å². The lowest BCUT2D eigenvalue weighted by atomic mass is 9.95. The van der Waals surface area contributed by atoms with Gasteiger partial charge >= 0.3 is 0 Å². The molecule has 0 bridgehead atoms. The minimum absolute atomic E-state index is 0. The van der Waals surface area contributed by atoms with Gasteiger partial charge in [0.25, 0.3) is 0 Å². The van der Waals surface area contributed by atoms with Crippen LogP contribution in [0.15, 0.2) is 60.8 Å². The standard InChI is InChI=1S/C17H18N2O.ClH/c18-17(16(20)11-12-5-2-1-3-6-12)14-7-4-8-15-13(14)9-10-19-15;/h1-10,16-17,19-20H,11,18H2;1H/t16-,17+;/m1./s1. The first-order valence-electron chi connectivity index (χ1n) is 6.79. The van der Waals surface area contributed by atoms with Gasteiger partial charge in [-0.3, -0.25) is 0 Å². The Bertz CT molecular complexity index is 696. The minimum atomic E-state index is -0.599. The fourth-order valence-electron chi connectivity index (χ4n) is 2.59. The molecule has 1 heterocycles. The fraction of sp³-hybridized carbons (Fsp3) is 0.176. The van der Waals surface area contributed by atoms with Crippen LogP contribution in [0.3, 0.4) is 0 Å². The van der Waals surface area contributed by atoms with Crippen LogP contribution in [0.25, 0.3) is 10.9 Å². The average molecular weight is 303 g/mol. The first kappa shape index (κ1) is 15.6. The van der Waals surface area contributed by atoms with Crippen LogP contribution in [-0.4, -0.2) is 16.2 Å². The van der Waals surface area contributed by atoms with Crippen molar-refractivity contribution in [3.63, 3.8) is 0 Å². The Kier molecular flexibility index (Phi) is 5.02. The molecular weight excluding hydrogens is 284 g/mol. The van der Waals surface area contributed by atoms with Crippen molar-refractivity contribution in [3.8, 4) is 0 Å². The van der Waals surface area contributed by atoms with E-state index in [-0.39, 0.29) is 12.4 Å². The third-order valence-electron chi connectivity index (χ3n) is 3.69. The first-order valence-corrected chi connectivity index (χ1v) is 6.79. The van der Waals surface area contributed by atoms with Gasteiger partial charge in [0.05, 0.1) is 12.1 Å². The number of benzene rings is 2. The molecule has 0 saturated carbocycles. The normalized spacial score (nSPS) is 13.6. The van der Waals surface area contributed by atoms with Crippen LogP contribution < -0.4 is 5.73 Å². The van der Waals surface area contributed by atoms with E-state index in [2.05, 4.69) is 4.98 Å². The molecule has 21 heavy (non-hydrogen) atoms. The lowest BCUT2D eigenvalue weighted by Gasteiger charge is -2.20. The molecule has 1 aromatic heterocycles. The van der Waals surface area contributed by atoms with Crippen LogP contribution in [-0.2, 0) is 6.42 Å². The smallest absolute Gasteiger partial charge is 0.0773 e. The maximum absolute atomic E-state index is 10.4. The van der Waals surface area contributed by atoms with Gasteiger partial charge < -0.3 is 15.8 Å². The number of fused-ring (bicyclic) bond motifs is 1. The summed E-state index contributed by atoms with van der Waals surface area (Å²) in [6, 6.07) is 17.5. The van der Waals surface area contributed by atoms with Crippen molar-refractivity contribution in [1.29, 1.82) is 0 Å². The van der Waals surface area contributed by atoms with Gasteiger partial charge in [-0.15, -0.1) is 12.4 Å². The molecule has 0 aliphatic heterocycles. The van der Waals surface area contributed by atoms with Gasteiger partial charge in [0.2, 0.25) is 0 Å². The summed E-state index contributed by atoms with van der Waals surface area (Å²) < 4.78 is 0. The lowest BCUT2D eigenvalue weighted by molar-refractivity contribution is 0.145. The number of aliphatic hydroxyl groups is 1. The molecule has 0 saturated heterocycles. The van der Waals surface area contributed by atoms with Crippen LogP contribution in [0, 0.1) is 0 Å². The zero-order chi connectivity index (χ0) is 13.9. The molecule has 0 amide bonds. The van der Waals surface area contributed by atoms with E-state index >= 15 is 0 Å². The highest BCUT2D eigenvalue weighted by atomic mass is 35.5. The van der Waals surface area contributed by atoms with Crippen molar-refractivity contribution < 1.29 is 5.11 Å². The monoisotopic (exact) mass is 302 g/mol. The fourth-order valence-corrected chi connectivity index (χ4v) is 2.59. The molecule has 3 aromatic rings. The van der Waals surface area contributed by atoms with Crippen molar-refractivity contribution >= 4 is 23.3 Å². The number of aromatic nitrogens is 1. The van der Waals surface area contributed by atoms with E-state index in [1.165, 1.54) is 0 Å². The van der Waals surface area contributed by atoms with Crippen molar-refractivity contribution in [2.75, 3.05) is 0 Å². The van der Waals surface area contributed by atoms with Crippen molar-refractivity contribution in [1.82, 2.24) is 4.98 Å². The molecule has 0 aliphatic carbocycles. The maximum atomic E-state index is 10.4. The summed E-state index contributed by atoms with van der Waals surface area (Å²) in [6.07, 6.45) is 1.85. The van der Waals surface area contributed by atoms with Crippen LogP contribution in [0.5, 0.6) is 0 Å². The van der Waals surface area contributed by atoms with E-state index in [1.807, 2.05) is 60.8 Å². The topological polar surface area (TPSA) is 62.0 Å². The number of halogens is 1. The SMILES string of the molecule is Cl.N[C@@H](c1cccc2[nH]ccc12)[C@H](O)Cc1ccccc1. The van der Waals surface area contributed by atoms with E-state index in [4.69, 9.17) is 5.73 Å². The third kappa shape index (κ3) is 3.27. The lowest BCUT2D eigenvalue weighted by Crippen LogP contribution is -2.28. The number of nitrogens with one attached hydrogen (secondary N) is 1. The number of aromatic amines is 1. The van der Waals surface area contributed by atoms with Crippen LogP contribution in [0.1, 0.15) is 17.2 Å². The maximum Gasteiger partial charge on any atom is 0.0773 e. The summed E-state index contributed by atoms with van der Waals surface area (Å²) in [6.45, 7) is 0. The van der Waals surface area contributed by atoms with Crippen LogP contribution in [0.4, 0.5) is 0 Å². The van der Waals surface area contributed by atoms with E-state index in [0.29, 0.717) is 6.42 Å². The molecule has 3 nitrogen and oxygen atoms in total. The third-order valence-corrected chi connectivity index (χ3v) is 3.69. The molecule has 0 spiro atoms. The molecule has 0 unspecified atom stereocenters. The van der Waals surface area contributed by atoms with E-state index < -0.39 is 12.1 Å². The largest absolute Gasteiger partial charge is 0.391 e. The number of nitrogens with two attached hydrogens (primary N) is 1. The van der Waals surface area contributed by atoms with Gasteiger partial charge in [0.1, 0.15) is 0 Å². The zero-order valence-electron chi connectivity index (χ0n) is 11.6. The molecule has 3 rings (SSSR count). The number of hydrogen-bond acceptors (Lipinski definition) is 2. The average Bonchev–Trinajstić information content (AvgIpc) is 2.96. The van der Waals surface area contributed by atoms with Crippen molar-refractivity contribution in [2.45, 2.75) is 18.6 Å². The van der Waals surface area contributed by atoms with Crippen LogP contribution in [0.2, 0.25) is 0 Å². The Balaban J connectivity index is 0.00000161. The second-order valence-corrected chi connectivity index (χ2v) is 5.07. The van der Waals surface area contributed by atoms with E-state index in [9.17, 15) is 5.11 Å². The first-order chi connectivity index (χ1) is 9.75. The molecule has 2 atom stereocenters. The number of hydrogen-bond donors (Lipinski definition) is 3. The number of H-pyrrole nitrogens is 1.